The fourth-order valence-electron chi connectivity index (χ4n) is 3.40. The van der Waals surface area contributed by atoms with E-state index >= 15 is 0 Å². The van der Waals surface area contributed by atoms with Gasteiger partial charge in [0.05, 0.1) is 38.9 Å². The van der Waals surface area contributed by atoms with Crippen molar-refractivity contribution in [3.05, 3.63) is 59.7 Å². The van der Waals surface area contributed by atoms with E-state index in [0.29, 0.717) is 17.8 Å². The number of nitrogens with zero attached hydrogens (tertiary/aromatic N) is 1. The number of piperazine rings is 1. The summed E-state index contributed by atoms with van der Waals surface area (Å²) in [6.07, 6.45) is 0. The molecule has 27 heavy (non-hydrogen) atoms. The smallest absolute Gasteiger partial charge is 0.337 e. The second kappa shape index (κ2) is 8.68. The second-order valence-corrected chi connectivity index (χ2v) is 6.82. The summed E-state index contributed by atoms with van der Waals surface area (Å²) in [7, 11) is 1.35. The van der Waals surface area contributed by atoms with Crippen LogP contribution in [-0.4, -0.2) is 51.7 Å². The Morgan fingerprint density at radius 2 is 1.74 bits per heavy atom. The third kappa shape index (κ3) is 4.86. The summed E-state index contributed by atoms with van der Waals surface area (Å²) < 4.78 is 4.67. The first-order valence-corrected chi connectivity index (χ1v) is 9.19. The van der Waals surface area contributed by atoms with E-state index in [1.54, 1.807) is 24.3 Å². The highest BCUT2D eigenvalue weighted by Gasteiger charge is 2.23. The number of anilines is 2. The van der Waals surface area contributed by atoms with Crippen molar-refractivity contribution in [1.29, 1.82) is 0 Å². The largest absolute Gasteiger partial charge is 0.465 e. The summed E-state index contributed by atoms with van der Waals surface area (Å²) in [5, 5.41) is 2.90. The number of methoxy groups -OCH3 is 1. The number of benzene rings is 2. The fraction of sp³-hybridized carbons (Fsp3) is 0.333. The molecule has 3 rings (SSSR count). The Labute approximate surface area is 159 Å². The standard InChI is InChI=1S/C21H25N3O3/c1-16-5-3-4-6-19(16)24-13-11-23(12-14-24)15-20(25)22-18-9-7-17(8-10-18)21(26)27-2/h3-10H,11-15H2,1-2H3,(H,22,25)/p+1. The first-order valence-electron chi connectivity index (χ1n) is 9.19. The van der Waals surface area contributed by atoms with Gasteiger partial charge in [0.2, 0.25) is 0 Å². The van der Waals surface area contributed by atoms with Crippen LogP contribution in [0.25, 0.3) is 0 Å². The zero-order valence-corrected chi connectivity index (χ0v) is 15.8. The molecule has 6 heteroatoms. The maximum absolute atomic E-state index is 12.3. The Morgan fingerprint density at radius 3 is 2.37 bits per heavy atom. The molecule has 2 aromatic rings. The minimum atomic E-state index is -0.385. The minimum Gasteiger partial charge on any atom is -0.465 e. The van der Waals surface area contributed by atoms with E-state index in [9.17, 15) is 9.59 Å². The van der Waals surface area contributed by atoms with Crippen LogP contribution in [0, 0.1) is 6.92 Å². The van der Waals surface area contributed by atoms with Crippen molar-refractivity contribution in [2.45, 2.75) is 6.92 Å². The van der Waals surface area contributed by atoms with Gasteiger partial charge in [-0.1, -0.05) is 18.2 Å². The first kappa shape index (κ1) is 18.9. The number of aryl methyl sites for hydroxylation is 1. The molecule has 2 N–H and O–H groups in total. The third-order valence-electron chi connectivity index (χ3n) is 4.93. The van der Waals surface area contributed by atoms with E-state index in [2.05, 4.69) is 46.1 Å². The fourth-order valence-corrected chi connectivity index (χ4v) is 3.40. The van der Waals surface area contributed by atoms with E-state index in [4.69, 9.17) is 0 Å². The molecule has 1 heterocycles. The molecule has 142 valence electrons. The monoisotopic (exact) mass is 368 g/mol. The van der Waals surface area contributed by atoms with Gasteiger partial charge in [-0.15, -0.1) is 0 Å². The van der Waals surface area contributed by atoms with Gasteiger partial charge < -0.3 is 19.9 Å². The van der Waals surface area contributed by atoms with Gasteiger partial charge in [-0.05, 0) is 42.8 Å². The minimum absolute atomic E-state index is 0.0137. The van der Waals surface area contributed by atoms with Gasteiger partial charge >= 0.3 is 5.97 Å². The van der Waals surface area contributed by atoms with Crippen molar-refractivity contribution >= 4 is 23.3 Å². The second-order valence-electron chi connectivity index (χ2n) is 6.82. The molecular weight excluding hydrogens is 342 g/mol. The Morgan fingerprint density at radius 1 is 1.07 bits per heavy atom. The van der Waals surface area contributed by atoms with Crippen molar-refractivity contribution in [1.82, 2.24) is 0 Å². The number of quaternary nitrogens is 1. The molecule has 1 amide bonds. The van der Waals surface area contributed by atoms with Gasteiger partial charge in [0.1, 0.15) is 0 Å². The Balaban J connectivity index is 1.48. The van der Waals surface area contributed by atoms with Crippen molar-refractivity contribution in [3.8, 4) is 0 Å². The summed E-state index contributed by atoms with van der Waals surface area (Å²) in [5.41, 5.74) is 3.72. The highest BCUT2D eigenvalue weighted by Crippen LogP contribution is 2.18. The van der Waals surface area contributed by atoms with E-state index < -0.39 is 0 Å². The van der Waals surface area contributed by atoms with Crippen LogP contribution >= 0.6 is 0 Å². The molecule has 0 aromatic heterocycles. The van der Waals surface area contributed by atoms with E-state index in [0.717, 1.165) is 26.2 Å². The number of carbonyl (C=O) groups is 2. The van der Waals surface area contributed by atoms with Gasteiger partial charge in [0.25, 0.3) is 5.91 Å². The zero-order chi connectivity index (χ0) is 19.2. The van der Waals surface area contributed by atoms with Gasteiger partial charge in [0, 0.05) is 11.4 Å². The molecule has 0 atom stereocenters. The summed E-state index contributed by atoms with van der Waals surface area (Å²) >= 11 is 0. The molecule has 1 fully saturated rings. The lowest BCUT2D eigenvalue weighted by Crippen LogP contribution is -3.15. The number of nitrogens with one attached hydrogen (secondary N) is 2. The summed E-state index contributed by atoms with van der Waals surface area (Å²) in [6.45, 7) is 6.34. The normalized spacial score (nSPS) is 14.7. The quantitative estimate of drug-likeness (QED) is 0.777. The number of hydrogen-bond acceptors (Lipinski definition) is 4. The number of rotatable bonds is 5. The van der Waals surface area contributed by atoms with Crippen LogP contribution in [0.3, 0.4) is 0 Å². The SMILES string of the molecule is COC(=O)c1ccc(NC(=O)C[NH+]2CCN(c3ccccc3C)CC2)cc1. The molecule has 1 aliphatic heterocycles. The number of carbonyl (C=O) groups excluding carboxylic acids is 2. The Kier molecular flexibility index (Phi) is 6.08. The Hall–Kier alpha value is -2.86. The molecule has 0 saturated carbocycles. The van der Waals surface area contributed by atoms with Crippen molar-refractivity contribution in [2.24, 2.45) is 0 Å². The average Bonchev–Trinajstić information content (AvgIpc) is 2.69. The van der Waals surface area contributed by atoms with Crippen LogP contribution in [-0.2, 0) is 9.53 Å². The van der Waals surface area contributed by atoms with Crippen LogP contribution in [0.4, 0.5) is 11.4 Å². The van der Waals surface area contributed by atoms with Gasteiger partial charge in [-0.3, -0.25) is 4.79 Å². The number of para-hydroxylation sites is 1. The molecule has 0 aliphatic carbocycles. The molecule has 2 aromatic carbocycles. The number of esters is 1. The lowest BCUT2D eigenvalue weighted by molar-refractivity contribution is -0.892. The van der Waals surface area contributed by atoms with Crippen molar-refractivity contribution in [2.75, 3.05) is 50.1 Å². The summed E-state index contributed by atoms with van der Waals surface area (Å²) in [5.74, 6) is -0.399. The van der Waals surface area contributed by atoms with Crippen molar-refractivity contribution < 1.29 is 19.2 Å². The molecular formula is C21H26N3O3+. The maximum atomic E-state index is 12.3. The summed E-state index contributed by atoms with van der Waals surface area (Å²) in [6, 6.07) is 15.1. The van der Waals surface area contributed by atoms with Crippen LogP contribution in [0.1, 0.15) is 15.9 Å². The van der Waals surface area contributed by atoms with Crippen LogP contribution in [0.15, 0.2) is 48.5 Å². The van der Waals surface area contributed by atoms with E-state index in [1.807, 2.05) is 0 Å². The van der Waals surface area contributed by atoms with Crippen LogP contribution in [0.5, 0.6) is 0 Å². The van der Waals surface area contributed by atoms with Crippen molar-refractivity contribution in [3.63, 3.8) is 0 Å². The Bertz CT molecular complexity index is 797. The van der Waals surface area contributed by atoms with E-state index in [-0.39, 0.29) is 11.9 Å². The molecule has 6 nitrogen and oxygen atoms in total. The van der Waals surface area contributed by atoms with Crippen LogP contribution in [0.2, 0.25) is 0 Å². The molecule has 0 radical (unpaired) electrons. The van der Waals surface area contributed by atoms with Gasteiger partial charge in [-0.2, -0.15) is 0 Å². The van der Waals surface area contributed by atoms with Gasteiger partial charge in [0.15, 0.2) is 6.54 Å². The van der Waals surface area contributed by atoms with Crippen LogP contribution < -0.4 is 15.1 Å². The number of amides is 1. The molecule has 1 aliphatic rings. The molecule has 0 bridgehead atoms. The highest BCUT2D eigenvalue weighted by molar-refractivity contribution is 5.93. The maximum Gasteiger partial charge on any atom is 0.337 e. The van der Waals surface area contributed by atoms with Gasteiger partial charge in [-0.25, -0.2) is 4.79 Å². The summed E-state index contributed by atoms with van der Waals surface area (Å²) in [4.78, 5) is 27.4. The lowest BCUT2D eigenvalue weighted by atomic mass is 10.1. The highest BCUT2D eigenvalue weighted by atomic mass is 16.5. The molecule has 0 spiro atoms. The number of ether oxygens (including phenoxy) is 1. The average molecular weight is 368 g/mol. The molecule has 1 saturated heterocycles. The zero-order valence-electron chi connectivity index (χ0n) is 15.8. The predicted octanol–water partition coefficient (Wildman–Crippen LogP) is 1.13. The topological polar surface area (TPSA) is 63.1 Å². The van der Waals surface area contributed by atoms with E-state index in [1.165, 1.54) is 23.3 Å². The predicted molar refractivity (Wildman–Crippen MR) is 105 cm³/mol. The number of hydrogen-bond donors (Lipinski definition) is 2. The third-order valence-corrected chi connectivity index (χ3v) is 4.93. The molecule has 0 unspecified atom stereocenters. The lowest BCUT2D eigenvalue weighted by Gasteiger charge is -2.34. The first-order chi connectivity index (χ1) is 13.1.